The summed E-state index contributed by atoms with van der Waals surface area (Å²) in [7, 11) is -1.34. The second kappa shape index (κ2) is 6.66. The van der Waals surface area contributed by atoms with Crippen LogP contribution in [0, 0.1) is 6.92 Å². The molecule has 0 bridgehead atoms. The minimum atomic E-state index is -3.19. The molecule has 1 aromatic rings. The Bertz CT molecular complexity index is 640. The minimum absolute atomic E-state index is 0.168. The predicted octanol–water partition coefficient (Wildman–Crippen LogP) is -0.0946. The van der Waals surface area contributed by atoms with Gasteiger partial charge >= 0.3 is 6.03 Å². The Morgan fingerprint density at radius 2 is 2.05 bits per heavy atom. The molecule has 2 rings (SSSR count). The lowest BCUT2D eigenvalue weighted by molar-refractivity contribution is 0.200. The largest absolute Gasteiger partial charge is 0.334 e. The summed E-state index contributed by atoms with van der Waals surface area (Å²) in [5, 5.41) is 7.01. The van der Waals surface area contributed by atoms with Gasteiger partial charge in [0.15, 0.2) is 0 Å². The Kier molecular flexibility index (Phi) is 5.07. The van der Waals surface area contributed by atoms with E-state index in [-0.39, 0.29) is 6.03 Å². The molecule has 1 aliphatic heterocycles. The van der Waals surface area contributed by atoms with Gasteiger partial charge in [0.2, 0.25) is 10.0 Å². The molecule has 0 saturated carbocycles. The molecule has 0 atom stereocenters. The van der Waals surface area contributed by atoms with Crippen LogP contribution in [0.25, 0.3) is 0 Å². The fourth-order valence-corrected chi connectivity index (χ4v) is 3.30. The van der Waals surface area contributed by atoms with Gasteiger partial charge in [0.1, 0.15) is 0 Å². The molecule has 0 radical (unpaired) electrons. The first-order chi connectivity index (χ1) is 10.3. The first-order valence-electron chi connectivity index (χ1n) is 7.24. The number of sulfonamides is 1. The number of rotatable bonds is 3. The van der Waals surface area contributed by atoms with Crippen LogP contribution in [0.4, 0.5) is 4.79 Å². The van der Waals surface area contributed by atoms with Crippen molar-refractivity contribution in [2.24, 2.45) is 7.05 Å². The summed E-state index contributed by atoms with van der Waals surface area (Å²) in [5.41, 5.74) is 1.99. The van der Waals surface area contributed by atoms with Gasteiger partial charge in [-0.2, -0.15) is 5.10 Å². The molecule has 1 aliphatic rings. The minimum Gasteiger partial charge on any atom is -0.334 e. The van der Waals surface area contributed by atoms with E-state index in [0.29, 0.717) is 39.1 Å². The molecule has 0 spiro atoms. The van der Waals surface area contributed by atoms with Crippen molar-refractivity contribution < 1.29 is 13.2 Å². The number of urea groups is 1. The second-order valence-electron chi connectivity index (χ2n) is 5.54. The summed E-state index contributed by atoms with van der Waals surface area (Å²) in [5.74, 6) is 0. The summed E-state index contributed by atoms with van der Waals surface area (Å²) in [6.45, 7) is 4.15. The molecule has 2 amide bonds. The molecule has 1 saturated heterocycles. The van der Waals surface area contributed by atoms with Crippen molar-refractivity contribution in [2.45, 2.75) is 19.9 Å². The van der Waals surface area contributed by atoms with Gasteiger partial charge < -0.3 is 10.2 Å². The first kappa shape index (κ1) is 16.8. The van der Waals surface area contributed by atoms with Crippen LogP contribution in [0.15, 0.2) is 6.20 Å². The van der Waals surface area contributed by atoms with Crippen molar-refractivity contribution in [2.75, 3.05) is 32.4 Å². The Morgan fingerprint density at radius 1 is 1.32 bits per heavy atom. The van der Waals surface area contributed by atoms with Crippen molar-refractivity contribution in [3.8, 4) is 0 Å². The standard InChI is InChI=1S/C13H23N5O3S/c1-11-12(10-15-16(11)2)9-14-13(19)17-5-4-6-18(8-7-17)22(3,20)21/h10H,4-9H2,1-3H3,(H,14,19). The first-order valence-corrected chi connectivity index (χ1v) is 9.09. The average molecular weight is 329 g/mol. The molecule has 124 valence electrons. The molecule has 1 N–H and O–H groups in total. The zero-order valence-corrected chi connectivity index (χ0v) is 14.1. The van der Waals surface area contributed by atoms with E-state index in [1.54, 1.807) is 15.8 Å². The van der Waals surface area contributed by atoms with Crippen LogP contribution in [0.5, 0.6) is 0 Å². The summed E-state index contributed by atoms with van der Waals surface area (Å²) >= 11 is 0. The van der Waals surface area contributed by atoms with Crippen LogP contribution in [0.2, 0.25) is 0 Å². The van der Waals surface area contributed by atoms with E-state index in [4.69, 9.17) is 0 Å². The number of hydrogen-bond donors (Lipinski definition) is 1. The highest BCUT2D eigenvalue weighted by atomic mass is 32.2. The molecule has 0 aromatic carbocycles. The van der Waals surface area contributed by atoms with Gasteiger partial charge in [0.05, 0.1) is 12.5 Å². The third-order valence-electron chi connectivity index (χ3n) is 3.98. The molecular formula is C13H23N5O3S. The lowest BCUT2D eigenvalue weighted by Crippen LogP contribution is -2.42. The topological polar surface area (TPSA) is 87.5 Å². The van der Waals surface area contributed by atoms with Crippen molar-refractivity contribution in [1.82, 2.24) is 24.3 Å². The molecule has 0 unspecified atom stereocenters. The number of nitrogens with one attached hydrogen (secondary N) is 1. The maximum Gasteiger partial charge on any atom is 0.317 e. The van der Waals surface area contributed by atoms with Crippen LogP contribution in [0.1, 0.15) is 17.7 Å². The average Bonchev–Trinajstić information content (AvgIpc) is 2.68. The zero-order chi connectivity index (χ0) is 16.3. The number of carbonyl (C=O) groups is 1. The fraction of sp³-hybridized carbons (Fsp3) is 0.692. The predicted molar refractivity (Wildman–Crippen MR) is 82.8 cm³/mol. The van der Waals surface area contributed by atoms with Gasteiger partial charge in [0.25, 0.3) is 0 Å². The highest BCUT2D eigenvalue weighted by Gasteiger charge is 2.23. The van der Waals surface area contributed by atoms with Gasteiger partial charge in [0, 0.05) is 51.0 Å². The summed E-state index contributed by atoms with van der Waals surface area (Å²) in [6.07, 6.45) is 3.59. The Hall–Kier alpha value is -1.61. The van der Waals surface area contributed by atoms with E-state index >= 15 is 0 Å². The van der Waals surface area contributed by atoms with Crippen LogP contribution >= 0.6 is 0 Å². The van der Waals surface area contributed by atoms with Crippen molar-refractivity contribution in [1.29, 1.82) is 0 Å². The highest BCUT2D eigenvalue weighted by Crippen LogP contribution is 2.08. The number of carbonyl (C=O) groups excluding carboxylic acids is 1. The van der Waals surface area contributed by atoms with Gasteiger partial charge in [-0.05, 0) is 13.3 Å². The second-order valence-corrected chi connectivity index (χ2v) is 7.52. The van der Waals surface area contributed by atoms with E-state index < -0.39 is 10.0 Å². The lowest BCUT2D eigenvalue weighted by Gasteiger charge is -2.21. The van der Waals surface area contributed by atoms with E-state index in [2.05, 4.69) is 10.4 Å². The smallest absolute Gasteiger partial charge is 0.317 e. The van der Waals surface area contributed by atoms with Crippen LogP contribution in [-0.4, -0.2) is 65.9 Å². The molecule has 0 aliphatic carbocycles. The van der Waals surface area contributed by atoms with Gasteiger partial charge in [-0.1, -0.05) is 0 Å². The number of amides is 2. The summed E-state index contributed by atoms with van der Waals surface area (Å²) < 4.78 is 26.3. The third-order valence-corrected chi connectivity index (χ3v) is 5.28. The van der Waals surface area contributed by atoms with E-state index in [1.807, 2.05) is 14.0 Å². The Balaban J connectivity index is 1.89. The van der Waals surface area contributed by atoms with Crippen molar-refractivity contribution in [3.63, 3.8) is 0 Å². The third kappa shape index (κ3) is 3.98. The SMILES string of the molecule is Cc1c(CNC(=O)N2CCCN(S(C)(=O)=O)CC2)cnn1C. The maximum atomic E-state index is 12.2. The van der Waals surface area contributed by atoms with Crippen LogP contribution < -0.4 is 5.32 Å². The molecule has 1 fully saturated rings. The van der Waals surface area contributed by atoms with Crippen molar-refractivity contribution >= 4 is 16.1 Å². The molecule has 9 heteroatoms. The molecule has 22 heavy (non-hydrogen) atoms. The van der Waals surface area contributed by atoms with Gasteiger partial charge in [-0.15, -0.1) is 0 Å². The van der Waals surface area contributed by atoms with Gasteiger partial charge in [-0.3, -0.25) is 4.68 Å². The van der Waals surface area contributed by atoms with E-state index in [0.717, 1.165) is 11.3 Å². The summed E-state index contributed by atoms with van der Waals surface area (Å²) in [6, 6.07) is -0.168. The number of aryl methyl sites for hydroxylation is 1. The molecular weight excluding hydrogens is 306 g/mol. The molecule has 2 heterocycles. The maximum absolute atomic E-state index is 12.2. The lowest BCUT2D eigenvalue weighted by atomic mass is 10.2. The van der Waals surface area contributed by atoms with Crippen molar-refractivity contribution in [3.05, 3.63) is 17.5 Å². The number of aromatic nitrogens is 2. The fourth-order valence-electron chi connectivity index (χ4n) is 2.43. The number of nitrogens with zero attached hydrogens (tertiary/aromatic N) is 4. The highest BCUT2D eigenvalue weighted by molar-refractivity contribution is 7.88. The molecule has 1 aromatic heterocycles. The van der Waals surface area contributed by atoms with Crippen LogP contribution in [-0.2, 0) is 23.6 Å². The monoisotopic (exact) mass is 329 g/mol. The zero-order valence-electron chi connectivity index (χ0n) is 13.2. The Morgan fingerprint density at radius 3 is 2.64 bits per heavy atom. The number of hydrogen-bond acceptors (Lipinski definition) is 4. The summed E-state index contributed by atoms with van der Waals surface area (Å²) in [4.78, 5) is 13.9. The molecule has 8 nitrogen and oxygen atoms in total. The van der Waals surface area contributed by atoms with Gasteiger partial charge in [-0.25, -0.2) is 17.5 Å². The van der Waals surface area contributed by atoms with Crippen LogP contribution in [0.3, 0.4) is 0 Å². The van der Waals surface area contributed by atoms with E-state index in [1.165, 1.54) is 10.6 Å². The normalized spacial score (nSPS) is 17.3. The Labute approximate surface area is 131 Å². The van der Waals surface area contributed by atoms with E-state index in [9.17, 15) is 13.2 Å². The quantitative estimate of drug-likeness (QED) is 0.839.